The monoisotopic (exact) mass is 545 g/mol. The predicted octanol–water partition coefficient (Wildman–Crippen LogP) is 4.15. The summed E-state index contributed by atoms with van der Waals surface area (Å²) in [5, 5.41) is 27.3. The lowest BCUT2D eigenvalue weighted by Gasteiger charge is -2.13. The summed E-state index contributed by atoms with van der Waals surface area (Å²) in [5.41, 5.74) is 2.77. The average molecular weight is 546 g/mol. The Balaban J connectivity index is 0.000000350. The zero-order valence-corrected chi connectivity index (χ0v) is 22.5. The first-order valence-corrected chi connectivity index (χ1v) is 12.5. The number of aromatic nitrogens is 2. The molecule has 0 saturated heterocycles. The Morgan fingerprint density at radius 2 is 1.57 bits per heavy atom. The molecule has 0 saturated carbocycles. The van der Waals surface area contributed by atoms with E-state index in [4.69, 9.17) is 29.2 Å². The highest BCUT2D eigenvalue weighted by Crippen LogP contribution is 2.31. The van der Waals surface area contributed by atoms with Crippen molar-refractivity contribution in [1.29, 1.82) is 0 Å². The maximum absolute atomic E-state index is 13.1. The third-order valence-electron chi connectivity index (χ3n) is 5.82. The minimum atomic E-state index is -0.132. The fourth-order valence-electron chi connectivity index (χ4n) is 3.76. The summed E-state index contributed by atoms with van der Waals surface area (Å²) in [6, 6.07) is 15.2. The number of hydrogen-bond donors (Lipinski definition) is 3. The van der Waals surface area contributed by atoms with Gasteiger partial charge in [0.05, 0.1) is 47.8 Å². The van der Waals surface area contributed by atoms with Gasteiger partial charge in [0.1, 0.15) is 29.4 Å². The number of fused-ring (bicyclic) bond motifs is 2. The Hall–Kier alpha value is -4.51. The Morgan fingerprint density at radius 1 is 0.875 bits per heavy atom. The number of aliphatic hydroxyl groups excluding tert-OH is 2. The zero-order chi connectivity index (χ0) is 28.6. The van der Waals surface area contributed by atoms with Gasteiger partial charge in [0.25, 0.3) is 0 Å². The van der Waals surface area contributed by atoms with Crippen molar-refractivity contribution in [3.63, 3.8) is 0 Å². The van der Waals surface area contributed by atoms with Gasteiger partial charge in [-0.3, -0.25) is 14.8 Å². The van der Waals surface area contributed by atoms with Crippen LogP contribution in [-0.4, -0.2) is 57.4 Å². The van der Waals surface area contributed by atoms with Crippen molar-refractivity contribution >= 4 is 21.9 Å². The van der Waals surface area contributed by atoms with Crippen molar-refractivity contribution in [2.75, 3.05) is 27.2 Å². The average Bonchev–Trinajstić information content (AvgIpc) is 2.95. The van der Waals surface area contributed by atoms with Crippen molar-refractivity contribution < 1.29 is 29.2 Å². The number of aryl methyl sites for hydroxylation is 1. The van der Waals surface area contributed by atoms with Gasteiger partial charge in [0, 0.05) is 12.6 Å². The third-order valence-corrected chi connectivity index (χ3v) is 5.82. The summed E-state index contributed by atoms with van der Waals surface area (Å²) in [4.78, 5) is 22.9. The Kier molecular flexibility index (Phi) is 9.28. The van der Waals surface area contributed by atoms with Gasteiger partial charge in [-0.05, 0) is 75.1 Å². The second-order valence-corrected chi connectivity index (χ2v) is 9.29. The van der Waals surface area contributed by atoms with Crippen LogP contribution in [0.4, 0.5) is 0 Å². The first kappa shape index (κ1) is 28.5. The number of rotatable bonds is 8. The predicted molar refractivity (Wildman–Crippen MR) is 151 cm³/mol. The lowest BCUT2D eigenvalue weighted by molar-refractivity contribution is 0.261. The maximum atomic E-state index is 13.1. The van der Waals surface area contributed by atoms with Crippen LogP contribution in [-0.2, 0) is 13.2 Å². The fraction of sp³-hybridized carbons (Fsp3) is 0.233. The van der Waals surface area contributed by atoms with Crippen LogP contribution in [0.15, 0.2) is 76.2 Å². The largest absolute Gasteiger partial charge is 0.506 e. The molecular weight excluding hydrogens is 514 g/mol. The van der Waals surface area contributed by atoms with Gasteiger partial charge in [-0.15, -0.1) is 0 Å². The minimum Gasteiger partial charge on any atom is -0.506 e. The van der Waals surface area contributed by atoms with Gasteiger partial charge >= 0.3 is 0 Å². The molecule has 0 spiro atoms. The molecule has 0 aliphatic rings. The molecule has 5 rings (SSSR count). The van der Waals surface area contributed by atoms with Crippen molar-refractivity contribution in [3.8, 4) is 23.0 Å². The van der Waals surface area contributed by atoms with E-state index in [0.29, 0.717) is 57.2 Å². The van der Waals surface area contributed by atoms with E-state index in [2.05, 4.69) is 9.97 Å². The van der Waals surface area contributed by atoms with Crippen LogP contribution in [0.2, 0.25) is 0 Å². The van der Waals surface area contributed by atoms with Crippen LogP contribution in [0.25, 0.3) is 21.9 Å². The first-order chi connectivity index (χ1) is 19.3. The molecule has 0 radical (unpaired) electrons. The van der Waals surface area contributed by atoms with E-state index in [1.54, 1.807) is 36.4 Å². The molecule has 0 unspecified atom stereocenters. The molecule has 3 aromatic heterocycles. The topological polar surface area (TPSA) is 138 Å². The molecule has 208 valence electrons. The standard InChI is InChI=1S/C24H24N2O5.C6H7NO2/c1-15-10-20-23(28)19-7-6-17(30-18-5-4-16(14-27)25-13-18)12-21(19)31-24(20)22(11-15)29-9-8-26(2)3;8-4-5-1-2-6(9)3-7-5/h4-7,10-13,27H,8-9,14H2,1-3H3;1-3,8-9H,4H2. The Bertz CT molecular complexity index is 1630. The summed E-state index contributed by atoms with van der Waals surface area (Å²) < 4.78 is 17.9. The molecule has 10 nitrogen and oxygen atoms in total. The van der Waals surface area contributed by atoms with Crippen LogP contribution in [0.1, 0.15) is 17.0 Å². The van der Waals surface area contributed by atoms with Crippen LogP contribution < -0.4 is 14.9 Å². The van der Waals surface area contributed by atoms with Crippen molar-refractivity contribution in [1.82, 2.24) is 14.9 Å². The number of likely N-dealkylation sites (N-methyl/N-ethyl adjacent to an activating group) is 1. The summed E-state index contributed by atoms with van der Waals surface area (Å²) >= 11 is 0. The zero-order valence-electron chi connectivity index (χ0n) is 22.5. The van der Waals surface area contributed by atoms with Crippen LogP contribution in [0, 0.1) is 6.92 Å². The number of ether oxygens (including phenoxy) is 2. The van der Waals surface area contributed by atoms with Gasteiger partial charge in [0.15, 0.2) is 11.3 Å². The number of aromatic hydroxyl groups is 1. The molecule has 0 bridgehead atoms. The van der Waals surface area contributed by atoms with Gasteiger partial charge in [-0.2, -0.15) is 0 Å². The smallest absolute Gasteiger partial charge is 0.200 e. The second kappa shape index (κ2) is 13.0. The van der Waals surface area contributed by atoms with Crippen molar-refractivity contribution in [2.45, 2.75) is 20.1 Å². The van der Waals surface area contributed by atoms with Crippen molar-refractivity contribution in [3.05, 3.63) is 94.2 Å². The first-order valence-electron chi connectivity index (χ1n) is 12.5. The summed E-state index contributed by atoms with van der Waals surface area (Å²) in [6.07, 6.45) is 2.83. The Morgan fingerprint density at radius 3 is 2.20 bits per heavy atom. The molecule has 0 amide bonds. The van der Waals surface area contributed by atoms with E-state index in [1.165, 1.54) is 18.5 Å². The summed E-state index contributed by atoms with van der Waals surface area (Å²) in [7, 11) is 3.94. The number of pyridine rings is 2. The third kappa shape index (κ3) is 7.11. The van der Waals surface area contributed by atoms with Gasteiger partial charge < -0.3 is 34.1 Å². The molecule has 3 N–H and O–H groups in total. The molecule has 0 fully saturated rings. The normalized spacial score (nSPS) is 10.9. The molecule has 40 heavy (non-hydrogen) atoms. The highest BCUT2D eigenvalue weighted by molar-refractivity contribution is 5.93. The molecule has 10 heteroatoms. The molecule has 3 heterocycles. The van der Waals surface area contributed by atoms with E-state index in [0.717, 1.165) is 12.1 Å². The highest BCUT2D eigenvalue weighted by atomic mass is 16.5. The fourth-order valence-corrected chi connectivity index (χ4v) is 3.76. The lowest BCUT2D eigenvalue weighted by atomic mass is 10.1. The molecule has 2 aromatic carbocycles. The van der Waals surface area contributed by atoms with E-state index in [9.17, 15) is 4.79 Å². The van der Waals surface area contributed by atoms with Crippen LogP contribution in [0.5, 0.6) is 23.0 Å². The number of benzene rings is 2. The number of hydrogen-bond acceptors (Lipinski definition) is 10. The number of aliphatic hydroxyl groups is 2. The second-order valence-electron chi connectivity index (χ2n) is 9.29. The van der Waals surface area contributed by atoms with E-state index >= 15 is 0 Å². The van der Waals surface area contributed by atoms with E-state index in [-0.39, 0.29) is 24.4 Å². The van der Waals surface area contributed by atoms with Gasteiger partial charge in [-0.1, -0.05) is 0 Å². The SMILES string of the molecule is Cc1cc(OCCN(C)C)c2oc3cc(Oc4ccc(CO)nc4)ccc3c(=O)c2c1.OCc1ccc(O)cn1. The van der Waals surface area contributed by atoms with E-state index < -0.39 is 0 Å². The summed E-state index contributed by atoms with van der Waals surface area (Å²) in [6.45, 7) is 2.93. The van der Waals surface area contributed by atoms with Gasteiger partial charge in [-0.25, -0.2) is 0 Å². The molecular formula is C30H31N3O7. The maximum Gasteiger partial charge on any atom is 0.200 e. The molecule has 0 aliphatic heterocycles. The van der Waals surface area contributed by atoms with E-state index in [1.807, 2.05) is 38.1 Å². The molecule has 5 aromatic rings. The van der Waals surface area contributed by atoms with Gasteiger partial charge in [0.2, 0.25) is 5.43 Å². The minimum absolute atomic E-state index is 0.0831. The summed E-state index contributed by atoms with van der Waals surface area (Å²) in [5.74, 6) is 1.69. The Labute approximate surface area is 230 Å². The molecule has 0 atom stereocenters. The van der Waals surface area contributed by atoms with Crippen LogP contribution >= 0.6 is 0 Å². The molecule has 0 aliphatic carbocycles. The lowest BCUT2D eigenvalue weighted by Crippen LogP contribution is -2.19. The number of nitrogens with zero attached hydrogens (tertiary/aromatic N) is 3. The van der Waals surface area contributed by atoms with Crippen LogP contribution in [0.3, 0.4) is 0 Å². The quantitative estimate of drug-likeness (QED) is 0.244. The van der Waals surface area contributed by atoms with Crippen molar-refractivity contribution in [2.24, 2.45) is 0 Å². The highest BCUT2D eigenvalue weighted by Gasteiger charge is 2.14.